The highest BCUT2D eigenvalue weighted by atomic mass is 15.3. The summed E-state index contributed by atoms with van der Waals surface area (Å²) < 4.78 is 0. The summed E-state index contributed by atoms with van der Waals surface area (Å²) in [6.07, 6.45) is 10.7. The van der Waals surface area contributed by atoms with Crippen molar-refractivity contribution in [3.8, 4) is 0 Å². The van der Waals surface area contributed by atoms with Gasteiger partial charge in [0.25, 0.3) is 0 Å². The van der Waals surface area contributed by atoms with Gasteiger partial charge in [0.15, 0.2) is 0 Å². The van der Waals surface area contributed by atoms with Gasteiger partial charge in [-0.05, 0) is 46.8 Å². The molecule has 2 N–H and O–H groups in total. The normalized spacial score (nSPS) is 24.0. The number of hydrogen-bond acceptors (Lipinski definition) is 3. The molecule has 3 heteroatoms. The molecule has 1 heterocycles. The van der Waals surface area contributed by atoms with E-state index in [2.05, 4.69) is 37.7 Å². The second-order valence-electron chi connectivity index (χ2n) is 7.07. The second kappa shape index (κ2) is 9.01. The summed E-state index contributed by atoms with van der Waals surface area (Å²) in [6.45, 7) is 7.87. The van der Waals surface area contributed by atoms with E-state index < -0.39 is 0 Å². The fraction of sp³-hybridized carbons (Fsp3) is 1.00. The van der Waals surface area contributed by atoms with E-state index in [1.807, 2.05) is 0 Å². The molecule has 120 valence electrons. The maximum absolute atomic E-state index is 6.15. The third-order valence-electron chi connectivity index (χ3n) is 5.15. The molecule has 2 unspecified atom stereocenters. The Balaban J connectivity index is 2.45. The van der Waals surface area contributed by atoms with E-state index in [1.165, 1.54) is 64.5 Å². The monoisotopic (exact) mass is 283 g/mol. The van der Waals surface area contributed by atoms with Gasteiger partial charge < -0.3 is 10.6 Å². The Kier molecular flexibility index (Phi) is 8.08. The van der Waals surface area contributed by atoms with Crippen LogP contribution in [0.3, 0.4) is 0 Å². The Bertz CT molecular complexity index is 255. The first-order chi connectivity index (χ1) is 9.53. The first-order valence-electron chi connectivity index (χ1n) is 8.65. The first kappa shape index (κ1) is 17.9. The van der Waals surface area contributed by atoms with Crippen LogP contribution in [0.4, 0.5) is 0 Å². The minimum Gasteiger partial charge on any atom is -0.329 e. The number of piperidine rings is 1. The molecule has 20 heavy (non-hydrogen) atoms. The fourth-order valence-corrected chi connectivity index (χ4v) is 3.37. The minimum atomic E-state index is 0.209. The number of nitrogens with two attached hydrogens (primary N) is 1. The molecule has 1 rings (SSSR count). The minimum absolute atomic E-state index is 0.209. The largest absolute Gasteiger partial charge is 0.329 e. The van der Waals surface area contributed by atoms with Crippen LogP contribution in [-0.2, 0) is 0 Å². The standard InChI is InChI=1S/C17H37N3/c1-5-6-7-8-9-12-17(2,15-18)20-13-10-11-16(14-20)19(3)4/h16H,5-15,18H2,1-4H3. The molecule has 0 radical (unpaired) electrons. The highest BCUT2D eigenvalue weighted by Crippen LogP contribution is 2.27. The van der Waals surface area contributed by atoms with E-state index in [0.717, 1.165) is 6.54 Å². The van der Waals surface area contributed by atoms with Crippen molar-refractivity contribution < 1.29 is 0 Å². The van der Waals surface area contributed by atoms with Crippen LogP contribution in [-0.4, -0.2) is 55.1 Å². The summed E-state index contributed by atoms with van der Waals surface area (Å²) in [6, 6.07) is 0.703. The number of unbranched alkanes of at least 4 members (excludes halogenated alkanes) is 4. The van der Waals surface area contributed by atoms with Gasteiger partial charge in [0.05, 0.1) is 0 Å². The van der Waals surface area contributed by atoms with Gasteiger partial charge in [-0.25, -0.2) is 0 Å². The van der Waals surface area contributed by atoms with Gasteiger partial charge in [-0.2, -0.15) is 0 Å². The number of likely N-dealkylation sites (tertiary alicyclic amines) is 1. The lowest BCUT2D eigenvalue weighted by atomic mass is 9.89. The predicted molar refractivity (Wildman–Crippen MR) is 89.1 cm³/mol. The molecule has 0 aromatic heterocycles. The second-order valence-corrected chi connectivity index (χ2v) is 7.07. The van der Waals surface area contributed by atoms with Crippen molar-refractivity contribution in [1.29, 1.82) is 0 Å². The maximum atomic E-state index is 6.15. The van der Waals surface area contributed by atoms with Crippen molar-refractivity contribution in [2.75, 3.05) is 33.7 Å². The zero-order valence-electron chi connectivity index (χ0n) is 14.3. The molecule has 0 spiro atoms. The number of nitrogens with zero attached hydrogens (tertiary/aromatic N) is 2. The summed E-state index contributed by atoms with van der Waals surface area (Å²) in [7, 11) is 4.41. The first-order valence-corrected chi connectivity index (χ1v) is 8.65. The van der Waals surface area contributed by atoms with E-state index in [9.17, 15) is 0 Å². The fourth-order valence-electron chi connectivity index (χ4n) is 3.37. The lowest BCUT2D eigenvalue weighted by Gasteiger charge is -2.46. The highest BCUT2D eigenvalue weighted by Gasteiger charge is 2.34. The number of hydrogen-bond donors (Lipinski definition) is 1. The molecule has 0 saturated carbocycles. The SMILES string of the molecule is CCCCCCCC(C)(CN)N1CCCC(N(C)C)C1. The molecular formula is C17H37N3. The van der Waals surface area contributed by atoms with Crippen molar-refractivity contribution in [3.63, 3.8) is 0 Å². The van der Waals surface area contributed by atoms with Crippen molar-refractivity contribution in [1.82, 2.24) is 9.80 Å². The smallest absolute Gasteiger partial charge is 0.0304 e. The van der Waals surface area contributed by atoms with Crippen LogP contribution in [0.5, 0.6) is 0 Å². The Morgan fingerprint density at radius 2 is 1.90 bits per heavy atom. The summed E-state index contributed by atoms with van der Waals surface area (Å²) in [4.78, 5) is 5.05. The summed E-state index contributed by atoms with van der Waals surface area (Å²) in [5, 5.41) is 0. The summed E-state index contributed by atoms with van der Waals surface area (Å²) >= 11 is 0. The summed E-state index contributed by atoms with van der Waals surface area (Å²) in [5.41, 5.74) is 6.35. The van der Waals surface area contributed by atoms with Gasteiger partial charge in [-0.3, -0.25) is 4.90 Å². The van der Waals surface area contributed by atoms with Crippen LogP contribution in [0, 0.1) is 0 Å². The molecule has 1 aliphatic heterocycles. The Morgan fingerprint density at radius 1 is 1.20 bits per heavy atom. The van der Waals surface area contributed by atoms with Gasteiger partial charge in [-0.15, -0.1) is 0 Å². The zero-order valence-corrected chi connectivity index (χ0v) is 14.3. The Hall–Kier alpha value is -0.120. The Labute approximate surface area is 126 Å². The highest BCUT2D eigenvalue weighted by molar-refractivity contribution is 4.92. The third kappa shape index (κ3) is 5.34. The average molecular weight is 284 g/mol. The van der Waals surface area contributed by atoms with Crippen molar-refractivity contribution >= 4 is 0 Å². The molecule has 0 aromatic carbocycles. The van der Waals surface area contributed by atoms with Crippen LogP contribution in [0.1, 0.15) is 65.2 Å². The molecule has 3 nitrogen and oxygen atoms in total. The molecule has 2 atom stereocenters. The molecule has 0 aromatic rings. The predicted octanol–water partition coefficient (Wildman–Crippen LogP) is 3.09. The van der Waals surface area contributed by atoms with Crippen LogP contribution < -0.4 is 5.73 Å². The van der Waals surface area contributed by atoms with E-state index in [4.69, 9.17) is 5.73 Å². The van der Waals surface area contributed by atoms with Crippen LogP contribution in [0.2, 0.25) is 0 Å². The van der Waals surface area contributed by atoms with Crippen molar-refractivity contribution in [2.24, 2.45) is 5.73 Å². The molecular weight excluding hydrogens is 246 g/mol. The van der Waals surface area contributed by atoms with Crippen molar-refractivity contribution in [2.45, 2.75) is 76.8 Å². The van der Waals surface area contributed by atoms with Gasteiger partial charge in [-0.1, -0.05) is 39.0 Å². The maximum Gasteiger partial charge on any atom is 0.0304 e. The van der Waals surface area contributed by atoms with Crippen LogP contribution in [0.15, 0.2) is 0 Å². The number of rotatable bonds is 9. The quantitative estimate of drug-likeness (QED) is 0.660. The topological polar surface area (TPSA) is 32.5 Å². The molecule has 1 fully saturated rings. The van der Waals surface area contributed by atoms with Crippen LogP contribution in [0.25, 0.3) is 0 Å². The molecule has 0 aliphatic carbocycles. The lowest BCUT2D eigenvalue weighted by molar-refractivity contribution is 0.0388. The summed E-state index contributed by atoms with van der Waals surface area (Å²) in [5.74, 6) is 0. The van der Waals surface area contributed by atoms with Gasteiger partial charge >= 0.3 is 0 Å². The third-order valence-corrected chi connectivity index (χ3v) is 5.15. The van der Waals surface area contributed by atoms with E-state index >= 15 is 0 Å². The van der Waals surface area contributed by atoms with Crippen LogP contribution >= 0.6 is 0 Å². The zero-order chi connectivity index (χ0) is 15.0. The number of likely N-dealkylation sites (N-methyl/N-ethyl adjacent to an activating group) is 1. The van der Waals surface area contributed by atoms with Gasteiger partial charge in [0.1, 0.15) is 0 Å². The molecule has 0 bridgehead atoms. The van der Waals surface area contributed by atoms with E-state index in [-0.39, 0.29) is 5.54 Å². The molecule has 0 amide bonds. The molecule has 1 saturated heterocycles. The van der Waals surface area contributed by atoms with E-state index in [1.54, 1.807) is 0 Å². The van der Waals surface area contributed by atoms with Crippen molar-refractivity contribution in [3.05, 3.63) is 0 Å². The average Bonchev–Trinajstić information content (AvgIpc) is 2.47. The molecule has 1 aliphatic rings. The Morgan fingerprint density at radius 3 is 2.50 bits per heavy atom. The van der Waals surface area contributed by atoms with Gasteiger partial charge in [0.2, 0.25) is 0 Å². The lowest BCUT2D eigenvalue weighted by Crippen LogP contribution is -2.58. The van der Waals surface area contributed by atoms with E-state index in [0.29, 0.717) is 6.04 Å². The van der Waals surface area contributed by atoms with Gasteiger partial charge in [0, 0.05) is 24.7 Å².